The highest BCUT2D eigenvalue weighted by Crippen LogP contribution is 2.21. The molecule has 1 aliphatic rings. The first-order valence-corrected chi connectivity index (χ1v) is 9.73. The number of nitro benzene ring substituents is 1. The second-order valence-corrected chi connectivity index (χ2v) is 7.05. The Hall–Kier alpha value is -3.86. The Bertz CT molecular complexity index is 1080. The van der Waals surface area contributed by atoms with Crippen LogP contribution < -0.4 is 4.74 Å². The number of rotatable bonds is 6. The smallest absolute Gasteiger partial charge is 0.282 e. The second kappa shape index (κ2) is 8.88. The van der Waals surface area contributed by atoms with E-state index in [0.717, 1.165) is 11.4 Å². The summed E-state index contributed by atoms with van der Waals surface area (Å²) in [7, 11) is 1.61. The summed E-state index contributed by atoms with van der Waals surface area (Å²) in [5.41, 5.74) is 0.768. The van der Waals surface area contributed by atoms with Gasteiger partial charge in [-0.15, -0.1) is 5.10 Å². The molecule has 0 N–H and O–H groups in total. The van der Waals surface area contributed by atoms with Gasteiger partial charge in [-0.3, -0.25) is 19.8 Å². The Morgan fingerprint density at radius 1 is 1.10 bits per heavy atom. The molecule has 0 unspecified atom stereocenters. The van der Waals surface area contributed by atoms with Gasteiger partial charge in [0.2, 0.25) is 0 Å². The predicted molar refractivity (Wildman–Crippen MR) is 110 cm³/mol. The Kier molecular flexibility index (Phi) is 5.85. The number of ether oxygens (including phenoxy) is 1. The molecule has 1 saturated heterocycles. The van der Waals surface area contributed by atoms with Crippen LogP contribution in [0.3, 0.4) is 0 Å². The fourth-order valence-electron chi connectivity index (χ4n) is 3.52. The van der Waals surface area contributed by atoms with Crippen molar-refractivity contribution in [1.29, 1.82) is 0 Å². The Labute approximate surface area is 178 Å². The van der Waals surface area contributed by atoms with E-state index in [1.165, 1.54) is 12.1 Å². The molecule has 11 nitrogen and oxygen atoms in total. The summed E-state index contributed by atoms with van der Waals surface area (Å²) in [5, 5.41) is 23.2. The lowest BCUT2D eigenvalue weighted by atomic mass is 10.1. The average Bonchev–Trinajstić information content (AvgIpc) is 3.27. The minimum Gasteiger partial charge on any atom is -0.497 e. The Morgan fingerprint density at radius 3 is 2.48 bits per heavy atom. The summed E-state index contributed by atoms with van der Waals surface area (Å²) >= 11 is 0. The van der Waals surface area contributed by atoms with Crippen molar-refractivity contribution < 1.29 is 14.5 Å². The summed E-state index contributed by atoms with van der Waals surface area (Å²) in [6.45, 7) is 2.68. The van der Waals surface area contributed by atoms with Crippen molar-refractivity contribution >= 4 is 11.6 Å². The number of para-hydroxylation sites is 1. The maximum Gasteiger partial charge on any atom is 0.282 e. The number of hydrogen-bond acceptors (Lipinski definition) is 8. The van der Waals surface area contributed by atoms with E-state index in [2.05, 4.69) is 20.4 Å². The molecular formula is C20H21N7O4. The summed E-state index contributed by atoms with van der Waals surface area (Å²) in [4.78, 5) is 27.3. The molecule has 1 fully saturated rings. The van der Waals surface area contributed by atoms with Crippen LogP contribution in [-0.4, -0.2) is 74.1 Å². The van der Waals surface area contributed by atoms with Gasteiger partial charge in [0.15, 0.2) is 5.82 Å². The molecule has 0 bridgehead atoms. The first-order valence-electron chi connectivity index (χ1n) is 9.73. The molecular weight excluding hydrogens is 402 g/mol. The molecule has 31 heavy (non-hydrogen) atoms. The topological polar surface area (TPSA) is 120 Å². The predicted octanol–water partition coefficient (Wildman–Crippen LogP) is 1.54. The Morgan fingerprint density at radius 2 is 1.81 bits per heavy atom. The van der Waals surface area contributed by atoms with Gasteiger partial charge in [0, 0.05) is 32.2 Å². The van der Waals surface area contributed by atoms with Crippen LogP contribution in [0.25, 0.3) is 5.69 Å². The van der Waals surface area contributed by atoms with Gasteiger partial charge in [0.05, 0.1) is 24.3 Å². The number of benzene rings is 2. The highest BCUT2D eigenvalue weighted by atomic mass is 16.6. The molecule has 1 aromatic heterocycles. The third-order valence-corrected chi connectivity index (χ3v) is 5.21. The Balaban J connectivity index is 1.40. The highest BCUT2D eigenvalue weighted by Gasteiger charge is 2.27. The van der Waals surface area contributed by atoms with Crippen molar-refractivity contribution in [3.63, 3.8) is 0 Å². The summed E-state index contributed by atoms with van der Waals surface area (Å²) in [6.07, 6.45) is 0. The van der Waals surface area contributed by atoms with E-state index in [4.69, 9.17) is 4.74 Å². The number of hydrogen-bond donors (Lipinski definition) is 0. The normalized spacial score (nSPS) is 14.4. The lowest BCUT2D eigenvalue weighted by Gasteiger charge is -2.34. The van der Waals surface area contributed by atoms with E-state index < -0.39 is 4.92 Å². The van der Waals surface area contributed by atoms with E-state index in [-0.39, 0.29) is 17.2 Å². The lowest BCUT2D eigenvalue weighted by Crippen LogP contribution is -2.48. The molecule has 0 aliphatic carbocycles. The van der Waals surface area contributed by atoms with Crippen molar-refractivity contribution in [1.82, 2.24) is 30.0 Å². The molecule has 4 rings (SSSR count). The number of carbonyl (C=O) groups is 1. The SMILES string of the molecule is COc1ccc(-n2nnnc2CN2CCN(C(=O)c3ccccc3[N+](=O)[O-])CC2)cc1. The molecule has 2 heterocycles. The van der Waals surface area contributed by atoms with Gasteiger partial charge >= 0.3 is 0 Å². The largest absolute Gasteiger partial charge is 0.497 e. The van der Waals surface area contributed by atoms with Crippen LogP contribution in [0.1, 0.15) is 16.2 Å². The van der Waals surface area contributed by atoms with E-state index >= 15 is 0 Å². The monoisotopic (exact) mass is 423 g/mol. The van der Waals surface area contributed by atoms with E-state index in [9.17, 15) is 14.9 Å². The van der Waals surface area contributed by atoms with Crippen LogP contribution in [0.15, 0.2) is 48.5 Å². The standard InChI is InChI=1S/C20H21N7O4/c1-31-16-8-6-15(7-9-16)26-19(21-22-23-26)14-24-10-12-25(13-11-24)20(28)17-4-2-3-5-18(17)27(29)30/h2-9H,10-14H2,1H3. The van der Waals surface area contributed by atoms with Crippen LogP contribution in [0.5, 0.6) is 5.75 Å². The molecule has 0 spiro atoms. The minimum absolute atomic E-state index is 0.115. The fraction of sp³-hybridized carbons (Fsp3) is 0.300. The molecule has 0 radical (unpaired) electrons. The summed E-state index contributed by atoms with van der Waals surface area (Å²) in [6, 6.07) is 13.5. The fourth-order valence-corrected chi connectivity index (χ4v) is 3.52. The van der Waals surface area contributed by atoms with Crippen molar-refractivity contribution in [2.75, 3.05) is 33.3 Å². The zero-order chi connectivity index (χ0) is 21.8. The molecule has 3 aromatic rings. The number of tetrazole rings is 1. The van der Waals surface area contributed by atoms with E-state index in [1.807, 2.05) is 24.3 Å². The first-order chi connectivity index (χ1) is 15.1. The van der Waals surface area contributed by atoms with Crippen molar-refractivity contribution in [3.8, 4) is 11.4 Å². The summed E-state index contributed by atoms with van der Waals surface area (Å²) < 4.78 is 6.85. The second-order valence-electron chi connectivity index (χ2n) is 7.05. The maximum atomic E-state index is 12.8. The molecule has 160 valence electrons. The third kappa shape index (κ3) is 4.36. The lowest BCUT2D eigenvalue weighted by molar-refractivity contribution is -0.385. The number of nitrogens with zero attached hydrogens (tertiary/aromatic N) is 7. The molecule has 0 atom stereocenters. The minimum atomic E-state index is -0.525. The van der Waals surface area contributed by atoms with Crippen molar-refractivity contribution in [2.24, 2.45) is 0 Å². The number of methoxy groups -OCH3 is 1. The molecule has 2 aromatic carbocycles. The zero-order valence-corrected chi connectivity index (χ0v) is 16.9. The maximum absolute atomic E-state index is 12.8. The first kappa shape index (κ1) is 20.4. The third-order valence-electron chi connectivity index (χ3n) is 5.21. The van der Waals surface area contributed by atoms with E-state index in [1.54, 1.807) is 28.8 Å². The van der Waals surface area contributed by atoms with Crippen molar-refractivity contribution in [3.05, 3.63) is 70.0 Å². The number of aromatic nitrogens is 4. The number of carbonyl (C=O) groups excluding carboxylic acids is 1. The van der Waals surface area contributed by atoms with Gasteiger partial charge in [-0.2, -0.15) is 4.68 Å². The van der Waals surface area contributed by atoms with Crippen LogP contribution in [0.2, 0.25) is 0 Å². The molecule has 1 amide bonds. The zero-order valence-electron chi connectivity index (χ0n) is 16.9. The quantitative estimate of drug-likeness (QED) is 0.433. The van der Waals surface area contributed by atoms with Gasteiger partial charge in [0.1, 0.15) is 11.3 Å². The van der Waals surface area contributed by atoms with Crippen LogP contribution in [0.4, 0.5) is 5.69 Å². The molecule has 1 aliphatic heterocycles. The molecule has 0 saturated carbocycles. The number of nitro groups is 1. The average molecular weight is 423 g/mol. The van der Waals surface area contributed by atoms with Gasteiger partial charge < -0.3 is 9.64 Å². The highest BCUT2D eigenvalue weighted by molar-refractivity contribution is 5.98. The van der Waals surface area contributed by atoms with Crippen LogP contribution in [-0.2, 0) is 6.54 Å². The van der Waals surface area contributed by atoms with Gasteiger partial charge in [-0.25, -0.2) is 0 Å². The van der Waals surface area contributed by atoms with Crippen LogP contribution >= 0.6 is 0 Å². The summed E-state index contributed by atoms with van der Waals surface area (Å²) in [5.74, 6) is 1.11. The van der Waals surface area contributed by atoms with E-state index in [0.29, 0.717) is 38.5 Å². The van der Waals surface area contributed by atoms with Gasteiger partial charge in [-0.1, -0.05) is 12.1 Å². The molecule has 11 heteroatoms. The number of amides is 1. The van der Waals surface area contributed by atoms with Crippen molar-refractivity contribution in [2.45, 2.75) is 6.54 Å². The van der Waals surface area contributed by atoms with Gasteiger partial charge in [-0.05, 0) is 40.8 Å². The van der Waals surface area contributed by atoms with Crippen LogP contribution in [0, 0.1) is 10.1 Å². The number of piperazine rings is 1. The van der Waals surface area contributed by atoms with Gasteiger partial charge in [0.25, 0.3) is 11.6 Å².